The van der Waals surface area contributed by atoms with E-state index in [1.54, 1.807) is 7.11 Å². The van der Waals surface area contributed by atoms with Crippen LogP contribution in [0.25, 0.3) is 0 Å². The van der Waals surface area contributed by atoms with Crippen LogP contribution in [0.2, 0.25) is 0 Å². The molecule has 0 atom stereocenters. The van der Waals surface area contributed by atoms with Gasteiger partial charge in [0.25, 0.3) is 5.82 Å². The van der Waals surface area contributed by atoms with Gasteiger partial charge in [0, 0.05) is 20.1 Å². The fourth-order valence-corrected chi connectivity index (χ4v) is 2.76. The SMILES string of the molecule is COCCCNc1[nH+]c(C)c2c(c1C#N)CCCC2. The highest BCUT2D eigenvalue weighted by Gasteiger charge is 2.23. The molecule has 0 aromatic carbocycles. The maximum Gasteiger partial charge on any atom is 0.290 e. The largest absolute Gasteiger partial charge is 0.385 e. The van der Waals surface area contributed by atoms with E-state index < -0.39 is 0 Å². The lowest BCUT2D eigenvalue weighted by molar-refractivity contribution is -0.372. The number of hydrogen-bond acceptors (Lipinski definition) is 3. The molecule has 1 aliphatic carbocycles. The smallest absolute Gasteiger partial charge is 0.290 e. The van der Waals surface area contributed by atoms with Gasteiger partial charge in [0.2, 0.25) is 0 Å². The number of anilines is 1. The molecule has 0 spiro atoms. The number of nitrogens with zero attached hydrogens (tertiary/aromatic N) is 1. The molecule has 0 saturated carbocycles. The second kappa shape index (κ2) is 6.53. The second-order valence-corrected chi connectivity index (χ2v) is 5.05. The fourth-order valence-electron chi connectivity index (χ4n) is 2.76. The Bertz CT molecular complexity index is 491. The molecule has 0 unspecified atom stereocenters. The third-order valence-corrected chi connectivity index (χ3v) is 3.72. The Morgan fingerprint density at radius 3 is 2.74 bits per heavy atom. The first kappa shape index (κ1) is 13.8. The number of nitrogens with one attached hydrogen (secondary N) is 2. The molecule has 0 aliphatic heterocycles. The summed E-state index contributed by atoms with van der Waals surface area (Å²) in [6.45, 7) is 3.65. The first-order valence-electron chi connectivity index (χ1n) is 6.98. The maximum absolute atomic E-state index is 9.43. The zero-order chi connectivity index (χ0) is 13.7. The number of aromatic amines is 1. The van der Waals surface area contributed by atoms with E-state index in [9.17, 15) is 5.26 Å². The highest BCUT2D eigenvalue weighted by atomic mass is 16.5. The van der Waals surface area contributed by atoms with Gasteiger partial charge in [0.1, 0.15) is 17.3 Å². The number of hydrogen-bond donors (Lipinski definition) is 1. The van der Waals surface area contributed by atoms with E-state index >= 15 is 0 Å². The third-order valence-electron chi connectivity index (χ3n) is 3.72. The van der Waals surface area contributed by atoms with Gasteiger partial charge in [-0.15, -0.1) is 0 Å². The van der Waals surface area contributed by atoms with E-state index in [4.69, 9.17) is 4.74 Å². The standard InChI is InChI=1S/C15H21N3O/c1-11-12-6-3-4-7-13(12)14(10-16)15(18-11)17-8-5-9-19-2/h3-9H2,1-2H3,(H,17,18)/p+1. The molecule has 0 bridgehead atoms. The summed E-state index contributed by atoms with van der Waals surface area (Å²) in [6.07, 6.45) is 5.48. The van der Waals surface area contributed by atoms with Crippen molar-refractivity contribution >= 4 is 5.82 Å². The van der Waals surface area contributed by atoms with E-state index in [2.05, 4.69) is 23.3 Å². The average molecular weight is 260 g/mol. The average Bonchev–Trinajstić information content (AvgIpc) is 2.44. The lowest BCUT2D eigenvalue weighted by Gasteiger charge is -2.18. The lowest BCUT2D eigenvalue weighted by atomic mass is 9.88. The van der Waals surface area contributed by atoms with Crippen LogP contribution in [0.3, 0.4) is 0 Å². The minimum absolute atomic E-state index is 0.735. The monoisotopic (exact) mass is 260 g/mol. The summed E-state index contributed by atoms with van der Waals surface area (Å²) in [7, 11) is 1.70. The predicted molar refractivity (Wildman–Crippen MR) is 74.1 cm³/mol. The first-order valence-corrected chi connectivity index (χ1v) is 6.98. The van der Waals surface area contributed by atoms with Gasteiger partial charge in [-0.3, -0.25) is 5.32 Å². The Kier molecular flexibility index (Phi) is 4.75. The number of aromatic nitrogens is 1. The van der Waals surface area contributed by atoms with E-state index in [1.165, 1.54) is 29.7 Å². The molecule has 0 saturated heterocycles. The molecule has 1 heterocycles. The topological polar surface area (TPSA) is 59.2 Å². The summed E-state index contributed by atoms with van der Waals surface area (Å²) in [5.74, 6) is 0.872. The minimum atomic E-state index is 0.735. The number of pyridine rings is 1. The Hall–Kier alpha value is -1.60. The van der Waals surface area contributed by atoms with Crippen LogP contribution in [0.4, 0.5) is 5.82 Å². The summed E-state index contributed by atoms with van der Waals surface area (Å²) >= 11 is 0. The third kappa shape index (κ3) is 3.05. The molecule has 4 heteroatoms. The van der Waals surface area contributed by atoms with Crippen LogP contribution in [-0.2, 0) is 17.6 Å². The molecule has 0 radical (unpaired) electrons. The van der Waals surface area contributed by atoms with Crippen molar-refractivity contribution in [2.75, 3.05) is 25.6 Å². The van der Waals surface area contributed by atoms with Crippen LogP contribution in [0.15, 0.2) is 0 Å². The van der Waals surface area contributed by atoms with Crippen LogP contribution >= 0.6 is 0 Å². The summed E-state index contributed by atoms with van der Waals surface area (Å²) < 4.78 is 5.04. The summed E-state index contributed by atoms with van der Waals surface area (Å²) in [5.41, 5.74) is 4.60. The molecule has 1 aromatic heterocycles. The van der Waals surface area contributed by atoms with Crippen molar-refractivity contribution in [3.63, 3.8) is 0 Å². The van der Waals surface area contributed by atoms with E-state index in [0.29, 0.717) is 0 Å². The molecule has 0 fully saturated rings. The second-order valence-electron chi connectivity index (χ2n) is 5.05. The van der Waals surface area contributed by atoms with Gasteiger partial charge in [0.15, 0.2) is 0 Å². The normalized spacial score (nSPS) is 13.7. The van der Waals surface area contributed by atoms with Crippen LogP contribution in [-0.4, -0.2) is 20.3 Å². The van der Waals surface area contributed by atoms with Gasteiger partial charge in [-0.25, -0.2) is 4.98 Å². The molecular weight excluding hydrogens is 238 g/mol. The van der Waals surface area contributed by atoms with Crippen molar-refractivity contribution in [2.24, 2.45) is 0 Å². The quantitative estimate of drug-likeness (QED) is 0.824. The zero-order valence-corrected chi connectivity index (χ0v) is 11.8. The first-order chi connectivity index (χ1) is 9.27. The molecule has 19 heavy (non-hydrogen) atoms. The molecule has 0 amide bonds. The predicted octanol–water partition coefficient (Wildman–Crippen LogP) is 2.01. The fraction of sp³-hybridized carbons (Fsp3) is 0.600. The Balaban J connectivity index is 2.23. The summed E-state index contributed by atoms with van der Waals surface area (Å²) in [4.78, 5) is 3.36. The lowest BCUT2D eigenvalue weighted by Crippen LogP contribution is -2.24. The molecule has 4 nitrogen and oxygen atoms in total. The number of H-pyrrole nitrogens is 1. The van der Waals surface area contributed by atoms with Crippen molar-refractivity contribution in [3.05, 3.63) is 22.4 Å². The van der Waals surface area contributed by atoms with Crippen molar-refractivity contribution in [1.82, 2.24) is 0 Å². The minimum Gasteiger partial charge on any atom is -0.385 e. The van der Waals surface area contributed by atoms with Gasteiger partial charge in [-0.1, -0.05) is 0 Å². The van der Waals surface area contributed by atoms with Gasteiger partial charge < -0.3 is 4.74 Å². The number of aryl methyl sites for hydroxylation is 1. The van der Waals surface area contributed by atoms with Gasteiger partial charge >= 0.3 is 0 Å². The van der Waals surface area contributed by atoms with Crippen LogP contribution in [0.1, 0.15) is 41.6 Å². The summed E-state index contributed by atoms with van der Waals surface area (Å²) in [6, 6.07) is 2.37. The van der Waals surface area contributed by atoms with Crippen molar-refractivity contribution in [3.8, 4) is 6.07 Å². The number of fused-ring (bicyclic) bond motifs is 1. The molecular formula is C15H22N3O+. The number of nitriles is 1. The zero-order valence-electron chi connectivity index (χ0n) is 11.8. The van der Waals surface area contributed by atoms with Crippen molar-refractivity contribution in [2.45, 2.75) is 39.0 Å². The highest BCUT2D eigenvalue weighted by Crippen LogP contribution is 2.27. The molecule has 1 aliphatic rings. The van der Waals surface area contributed by atoms with Crippen LogP contribution < -0.4 is 10.3 Å². The number of rotatable bonds is 5. The van der Waals surface area contributed by atoms with Crippen LogP contribution in [0.5, 0.6) is 0 Å². The van der Waals surface area contributed by atoms with E-state index in [0.717, 1.165) is 43.8 Å². The highest BCUT2D eigenvalue weighted by molar-refractivity contribution is 5.56. The van der Waals surface area contributed by atoms with E-state index in [-0.39, 0.29) is 0 Å². The summed E-state index contributed by atoms with van der Waals surface area (Å²) in [5, 5.41) is 12.8. The number of ether oxygens (including phenoxy) is 1. The molecule has 1 aromatic rings. The van der Waals surface area contributed by atoms with Gasteiger partial charge in [-0.05, 0) is 43.7 Å². The Labute approximate surface area is 114 Å². The van der Waals surface area contributed by atoms with E-state index in [1.807, 2.05) is 0 Å². The maximum atomic E-state index is 9.43. The van der Waals surface area contributed by atoms with Gasteiger partial charge in [-0.2, -0.15) is 5.26 Å². The van der Waals surface area contributed by atoms with Crippen molar-refractivity contribution < 1.29 is 9.72 Å². The van der Waals surface area contributed by atoms with Crippen molar-refractivity contribution in [1.29, 1.82) is 5.26 Å². The molecule has 2 rings (SSSR count). The molecule has 102 valence electrons. The molecule has 2 N–H and O–H groups in total. The number of methoxy groups -OCH3 is 1. The van der Waals surface area contributed by atoms with Gasteiger partial charge in [0.05, 0.1) is 6.54 Å². The Morgan fingerprint density at radius 2 is 2.05 bits per heavy atom. The Morgan fingerprint density at radius 1 is 1.32 bits per heavy atom. The van der Waals surface area contributed by atoms with Crippen LogP contribution in [0, 0.1) is 18.3 Å².